The van der Waals surface area contributed by atoms with E-state index in [0.29, 0.717) is 6.61 Å². The smallest absolute Gasteiger partial charge is 0.161 e. The van der Waals surface area contributed by atoms with Gasteiger partial charge in [0.05, 0.1) is 20.3 Å². The molecule has 6 nitrogen and oxygen atoms in total. The summed E-state index contributed by atoms with van der Waals surface area (Å²) in [5, 5.41) is 2.21. The molecule has 0 unspecified atom stereocenters. The molecule has 1 aromatic carbocycles. The van der Waals surface area contributed by atoms with Crippen molar-refractivity contribution in [3.05, 3.63) is 23.8 Å². The fraction of sp³-hybridized carbons (Fsp3) is 0.684. The number of hydrogen-bond donors (Lipinski definition) is 1. The van der Waals surface area contributed by atoms with Gasteiger partial charge in [-0.05, 0) is 43.6 Å². The minimum atomic E-state index is 0.710. The van der Waals surface area contributed by atoms with Gasteiger partial charge in [-0.25, -0.2) is 5.01 Å². The van der Waals surface area contributed by atoms with Crippen molar-refractivity contribution in [2.24, 2.45) is 0 Å². The van der Waals surface area contributed by atoms with E-state index in [4.69, 9.17) is 14.2 Å². The number of methoxy groups -OCH3 is 1. The predicted molar refractivity (Wildman–Crippen MR) is 98.0 cm³/mol. The van der Waals surface area contributed by atoms with E-state index >= 15 is 0 Å². The summed E-state index contributed by atoms with van der Waals surface area (Å²) in [6.45, 7) is 8.32. The van der Waals surface area contributed by atoms with Crippen LogP contribution in [-0.2, 0) is 11.3 Å². The predicted octanol–water partition coefficient (Wildman–Crippen LogP) is 1.90. The lowest BCUT2D eigenvalue weighted by atomic mass is 10.1. The molecule has 2 aliphatic rings. The van der Waals surface area contributed by atoms with Crippen LogP contribution in [0.5, 0.6) is 11.5 Å². The Morgan fingerprint density at radius 3 is 2.60 bits per heavy atom. The third kappa shape index (κ3) is 5.85. The standard InChI is InChI=1S/C19H31N3O3/c1-23-19-15-17(16-20-22-10-12-24-13-11-22)5-6-18(19)25-14-9-21-7-3-2-4-8-21/h5-6,15,20H,2-4,7-14,16H2,1H3. The summed E-state index contributed by atoms with van der Waals surface area (Å²) >= 11 is 0. The van der Waals surface area contributed by atoms with Crippen LogP contribution in [0.3, 0.4) is 0 Å². The largest absolute Gasteiger partial charge is 0.493 e. The van der Waals surface area contributed by atoms with Gasteiger partial charge in [0.25, 0.3) is 0 Å². The molecule has 0 spiro atoms. The van der Waals surface area contributed by atoms with Gasteiger partial charge >= 0.3 is 0 Å². The van der Waals surface area contributed by atoms with Crippen molar-refractivity contribution >= 4 is 0 Å². The summed E-state index contributed by atoms with van der Waals surface area (Å²) in [6.07, 6.45) is 3.99. The number of piperidine rings is 1. The molecule has 0 aromatic heterocycles. The highest BCUT2D eigenvalue weighted by Gasteiger charge is 2.12. The lowest BCUT2D eigenvalue weighted by Crippen LogP contribution is -2.45. The molecule has 2 fully saturated rings. The zero-order chi connectivity index (χ0) is 17.3. The number of hydrogen-bond acceptors (Lipinski definition) is 6. The van der Waals surface area contributed by atoms with Crippen LogP contribution < -0.4 is 14.9 Å². The molecule has 1 aromatic rings. The summed E-state index contributed by atoms with van der Waals surface area (Å²) in [6, 6.07) is 6.18. The Labute approximate surface area is 151 Å². The van der Waals surface area contributed by atoms with Gasteiger partial charge in [0.1, 0.15) is 6.61 Å². The lowest BCUT2D eigenvalue weighted by Gasteiger charge is -2.27. The topological polar surface area (TPSA) is 46.2 Å². The van der Waals surface area contributed by atoms with Gasteiger partial charge in [-0.2, -0.15) is 0 Å². The first-order valence-electron chi connectivity index (χ1n) is 9.43. The van der Waals surface area contributed by atoms with E-state index in [2.05, 4.69) is 27.5 Å². The van der Waals surface area contributed by atoms with Gasteiger partial charge in [-0.15, -0.1) is 0 Å². The first-order chi connectivity index (χ1) is 12.3. The Hall–Kier alpha value is -1.34. The van der Waals surface area contributed by atoms with Crippen LogP contribution >= 0.6 is 0 Å². The highest BCUT2D eigenvalue weighted by molar-refractivity contribution is 5.42. The highest BCUT2D eigenvalue weighted by atomic mass is 16.5. The number of benzene rings is 1. The van der Waals surface area contributed by atoms with Crippen LogP contribution in [0.25, 0.3) is 0 Å². The van der Waals surface area contributed by atoms with Gasteiger partial charge in [0.2, 0.25) is 0 Å². The molecule has 2 heterocycles. The molecule has 1 N–H and O–H groups in total. The molecule has 6 heteroatoms. The van der Waals surface area contributed by atoms with Crippen LogP contribution in [-0.4, -0.2) is 69.6 Å². The molecular formula is C19H31N3O3. The van der Waals surface area contributed by atoms with Gasteiger partial charge < -0.3 is 14.2 Å². The van der Waals surface area contributed by atoms with Crippen molar-refractivity contribution < 1.29 is 14.2 Å². The molecule has 0 aliphatic carbocycles. The van der Waals surface area contributed by atoms with Crippen molar-refractivity contribution in [2.45, 2.75) is 25.8 Å². The van der Waals surface area contributed by atoms with E-state index in [1.54, 1.807) is 7.11 Å². The van der Waals surface area contributed by atoms with Crippen LogP contribution in [0, 0.1) is 0 Å². The minimum Gasteiger partial charge on any atom is -0.493 e. The number of nitrogens with one attached hydrogen (secondary N) is 1. The summed E-state index contributed by atoms with van der Waals surface area (Å²) in [5.41, 5.74) is 4.63. The number of ether oxygens (including phenoxy) is 3. The number of nitrogens with zero attached hydrogens (tertiary/aromatic N) is 2. The second-order valence-electron chi connectivity index (χ2n) is 6.67. The maximum atomic E-state index is 5.97. The number of rotatable bonds is 8. The average Bonchev–Trinajstić information content (AvgIpc) is 2.68. The van der Waals surface area contributed by atoms with E-state index in [0.717, 1.165) is 50.9 Å². The monoisotopic (exact) mass is 349 g/mol. The van der Waals surface area contributed by atoms with Crippen molar-refractivity contribution in [1.82, 2.24) is 15.3 Å². The lowest BCUT2D eigenvalue weighted by molar-refractivity contribution is 0.0105. The van der Waals surface area contributed by atoms with Gasteiger partial charge in [-0.1, -0.05) is 12.5 Å². The van der Waals surface area contributed by atoms with Crippen molar-refractivity contribution in [1.29, 1.82) is 0 Å². The molecule has 140 valence electrons. The molecule has 25 heavy (non-hydrogen) atoms. The zero-order valence-corrected chi connectivity index (χ0v) is 15.3. The second kappa shape index (κ2) is 9.97. The van der Waals surface area contributed by atoms with Crippen molar-refractivity contribution in [3.8, 4) is 11.5 Å². The zero-order valence-electron chi connectivity index (χ0n) is 15.3. The Morgan fingerprint density at radius 1 is 1.04 bits per heavy atom. The molecule has 2 saturated heterocycles. The van der Waals surface area contributed by atoms with Crippen molar-refractivity contribution in [3.63, 3.8) is 0 Å². The Bertz CT molecular complexity index is 515. The average molecular weight is 349 g/mol. The quantitative estimate of drug-likeness (QED) is 0.773. The molecular weight excluding hydrogens is 318 g/mol. The Kier molecular flexibility index (Phi) is 7.36. The maximum absolute atomic E-state index is 5.97. The first kappa shape index (κ1) is 18.5. The first-order valence-corrected chi connectivity index (χ1v) is 9.43. The van der Waals surface area contributed by atoms with Gasteiger partial charge in [0.15, 0.2) is 11.5 Å². The van der Waals surface area contributed by atoms with Crippen LogP contribution in [0.4, 0.5) is 0 Å². The Balaban J connectivity index is 1.46. The molecule has 0 amide bonds. The summed E-state index contributed by atoms with van der Waals surface area (Å²) in [7, 11) is 1.70. The SMILES string of the molecule is COc1cc(CNN2CCOCC2)ccc1OCCN1CCCCC1. The molecule has 0 atom stereocenters. The van der Waals surface area contributed by atoms with E-state index in [1.807, 2.05) is 6.07 Å². The van der Waals surface area contributed by atoms with E-state index in [-0.39, 0.29) is 0 Å². The molecule has 2 aliphatic heterocycles. The highest BCUT2D eigenvalue weighted by Crippen LogP contribution is 2.28. The third-order valence-corrected chi connectivity index (χ3v) is 4.86. The van der Waals surface area contributed by atoms with Crippen LogP contribution in [0.15, 0.2) is 18.2 Å². The molecule has 0 saturated carbocycles. The van der Waals surface area contributed by atoms with Crippen molar-refractivity contribution in [2.75, 3.05) is 59.7 Å². The summed E-state index contributed by atoms with van der Waals surface area (Å²) in [5.74, 6) is 1.63. The molecule has 0 bridgehead atoms. The maximum Gasteiger partial charge on any atom is 0.161 e. The number of hydrazine groups is 1. The third-order valence-electron chi connectivity index (χ3n) is 4.86. The number of likely N-dealkylation sites (tertiary alicyclic amines) is 1. The van der Waals surface area contributed by atoms with E-state index in [1.165, 1.54) is 37.9 Å². The second-order valence-corrected chi connectivity index (χ2v) is 6.67. The van der Waals surface area contributed by atoms with E-state index in [9.17, 15) is 0 Å². The fourth-order valence-electron chi connectivity index (χ4n) is 3.33. The summed E-state index contributed by atoms with van der Waals surface area (Å²) < 4.78 is 16.9. The van der Waals surface area contributed by atoms with Crippen LogP contribution in [0.1, 0.15) is 24.8 Å². The van der Waals surface area contributed by atoms with E-state index < -0.39 is 0 Å². The Morgan fingerprint density at radius 2 is 1.84 bits per heavy atom. The molecule has 0 radical (unpaired) electrons. The minimum absolute atomic E-state index is 0.710. The normalized spacial score (nSPS) is 19.7. The van der Waals surface area contributed by atoms with Gasteiger partial charge in [0, 0.05) is 26.2 Å². The summed E-state index contributed by atoms with van der Waals surface area (Å²) in [4.78, 5) is 2.48. The van der Waals surface area contributed by atoms with Gasteiger partial charge in [-0.3, -0.25) is 10.3 Å². The molecule has 3 rings (SSSR count). The fourth-order valence-corrected chi connectivity index (χ4v) is 3.33. The van der Waals surface area contributed by atoms with Crippen LogP contribution in [0.2, 0.25) is 0 Å². The number of morpholine rings is 1.